The minimum Gasteiger partial charge on any atom is -0.486 e. The van der Waals surface area contributed by atoms with Gasteiger partial charge >= 0.3 is 11.8 Å². The van der Waals surface area contributed by atoms with Crippen molar-refractivity contribution < 1.29 is 22.3 Å². The number of fused-ring (bicyclic) bond motifs is 3. The Morgan fingerprint density at radius 2 is 1.89 bits per heavy atom. The van der Waals surface area contributed by atoms with Gasteiger partial charge in [0.25, 0.3) is 0 Å². The highest BCUT2D eigenvalue weighted by molar-refractivity contribution is 9.10. The standard InChI is InChI=1S/C21H16BrF3O3/c1-20(2)7-6-14-17-12(10-16(22)18(14)28-20)9-15(19(26)27-17)11-4-3-5-13(8-11)21(23,24)25/h3-5,8-10H,6-7H2,1-2H3. The van der Waals surface area contributed by atoms with Crippen molar-refractivity contribution >= 4 is 26.9 Å². The number of aryl methyl sites for hydroxylation is 1. The molecule has 0 N–H and O–H groups in total. The summed E-state index contributed by atoms with van der Waals surface area (Å²) < 4.78 is 51.4. The van der Waals surface area contributed by atoms with Gasteiger partial charge in [-0.15, -0.1) is 0 Å². The predicted molar refractivity (Wildman–Crippen MR) is 104 cm³/mol. The van der Waals surface area contributed by atoms with E-state index in [0.29, 0.717) is 27.6 Å². The monoisotopic (exact) mass is 452 g/mol. The van der Waals surface area contributed by atoms with Gasteiger partial charge in [-0.05, 0) is 72.4 Å². The van der Waals surface area contributed by atoms with Crippen molar-refractivity contribution in [3.05, 3.63) is 62.4 Å². The normalized spacial score (nSPS) is 15.9. The average Bonchev–Trinajstić information content (AvgIpc) is 2.61. The van der Waals surface area contributed by atoms with E-state index < -0.39 is 17.4 Å². The molecule has 1 aliphatic rings. The molecule has 0 radical (unpaired) electrons. The SMILES string of the molecule is CC1(C)CCc2c(c(Br)cc3cc(-c4cccc(C(F)(F)F)c4)c(=O)oc23)O1. The van der Waals surface area contributed by atoms with Crippen LogP contribution in [-0.4, -0.2) is 5.60 Å². The Kier molecular flexibility index (Phi) is 4.34. The summed E-state index contributed by atoms with van der Waals surface area (Å²) in [6, 6.07) is 8.00. The largest absolute Gasteiger partial charge is 0.486 e. The summed E-state index contributed by atoms with van der Waals surface area (Å²) in [6.07, 6.45) is -3.06. The van der Waals surface area contributed by atoms with Crippen LogP contribution in [0.15, 0.2) is 50.1 Å². The zero-order valence-corrected chi connectivity index (χ0v) is 16.7. The molecule has 28 heavy (non-hydrogen) atoms. The third kappa shape index (κ3) is 3.32. The molecule has 0 saturated heterocycles. The summed E-state index contributed by atoms with van der Waals surface area (Å²) in [5, 5.41) is 0.626. The highest BCUT2D eigenvalue weighted by Gasteiger charge is 2.32. The topological polar surface area (TPSA) is 39.4 Å². The van der Waals surface area contributed by atoms with Crippen LogP contribution in [0.1, 0.15) is 31.4 Å². The van der Waals surface area contributed by atoms with Crippen molar-refractivity contribution in [1.82, 2.24) is 0 Å². The van der Waals surface area contributed by atoms with Gasteiger partial charge in [0.1, 0.15) is 16.9 Å². The number of hydrogen-bond donors (Lipinski definition) is 0. The zero-order valence-electron chi connectivity index (χ0n) is 15.1. The van der Waals surface area contributed by atoms with E-state index in [9.17, 15) is 18.0 Å². The minimum absolute atomic E-state index is 0.0857. The van der Waals surface area contributed by atoms with E-state index in [1.54, 1.807) is 12.1 Å². The van der Waals surface area contributed by atoms with E-state index in [0.717, 1.165) is 24.1 Å². The summed E-state index contributed by atoms with van der Waals surface area (Å²) >= 11 is 3.50. The smallest absolute Gasteiger partial charge is 0.416 e. The first kappa shape index (κ1) is 19.1. The van der Waals surface area contributed by atoms with Crippen LogP contribution < -0.4 is 10.4 Å². The number of hydrogen-bond acceptors (Lipinski definition) is 3. The fourth-order valence-corrected chi connectivity index (χ4v) is 4.00. The van der Waals surface area contributed by atoms with Gasteiger partial charge < -0.3 is 9.15 Å². The Morgan fingerprint density at radius 1 is 1.14 bits per heavy atom. The number of halogens is 4. The van der Waals surface area contributed by atoms with Gasteiger partial charge in [-0.25, -0.2) is 4.79 Å². The molecular formula is C21H16BrF3O3. The van der Waals surface area contributed by atoms with Gasteiger partial charge in [0.2, 0.25) is 0 Å². The molecule has 3 nitrogen and oxygen atoms in total. The van der Waals surface area contributed by atoms with Gasteiger partial charge in [-0.1, -0.05) is 12.1 Å². The van der Waals surface area contributed by atoms with Crippen LogP contribution in [-0.2, 0) is 12.6 Å². The Bertz CT molecular complexity index is 1150. The lowest BCUT2D eigenvalue weighted by molar-refractivity contribution is -0.137. The van der Waals surface area contributed by atoms with Crippen LogP contribution in [0.5, 0.6) is 5.75 Å². The molecule has 0 aliphatic carbocycles. The molecule has 0 unspecified atom stereocenters. The molecule has 0 amide bonds. The van der Waals surface area contributed by atoms with E-state index in [1.807, 2.05) is 13.8 Å². The zero-order chi connectivity index (χ0) is 20.3. The first-order chi connectivity index (χ1) is 13.0. The second-order valence-electron chi connectivity index (χ2n) is 7.47. The van der Waals surface area contributed by atoms with Gasteiger partial charge in [-0.3, -0.25) is 0 Å². The van der Waals surface area contributed by atoms with Crippen LogP contribution in [0.25, 0.3) is 22.1 Å². The Hall–Kier alpha value is -2.28. The van der Waals surface area contributed by atoms with Gasteiger partial charge in [0.05, 0.1) is 15.6 Å². The molecule has 2 heterocycles. The van der Waals surface area contributed by atoms with Crippen LogP contribution >= 0.6 is 15.9 Å². The molecule has 3 aromatic rings. The van der Waals surface area contributed by atoms with Gasteiger partial charge in [0, 0.05) is 10.9 Å². The third-order valence-electron chi connectivity index (χ3n) is 4.88. The molecule has 0 fully saturated rings. The summed E-state index contributed by atoms with van der Waals surface area (Å²) in [4.78, 5) is 12.6. The molecule has 4 rings (SSSR count). The van der Waals surface area contributed by atoms with E-state index in [1.165, 1.54) is 12.1 Å². The van der Waals surface area contributed by atoms with Crippen molar-refractivity contribution in [3.63, 3.8) is 0 Å². The summed E-state index contributed by atoms with van der Waals surface area (Å²) in [7, 11) is 0. The molecule has 0 atom stereocenters. The fraction of sp³-hybridized carbons (Fsp3) is 0.286. The molecule has 0 spiro atoms. The van der Waals surface area contributed by atoms with E-state index in [4.69, 9.17) is 9.15 Å². The fourth-order valence-electron chi connectivity index (χ4n) is 3.43. The molecule has 146 valence electrons. The Balaban J connectivity index is 1.90. The highest BCUT2D eigenvalue weighted by atomic mass is 79.9. The predicted octanol–water partition coefficient (Wildman–Crippen LogP) is 6.34. The van der Waals surface area contributed by atoms with Crippen LogP contribution in [0.2, 0.25) is 0 Å². The average molecular weight is 453 g/mol. The maximum atomic E-state index is 13.0. The van der Waals surface area contributed by atoms with Crippen molar-refractivity contribution in [2.75, 3.05) is 0 Å². The maximum Gasteiger partial charge on any atom is 0.416 e. The Labute approximate surface area is 167 Å². The lowest BCUT2D eigenvalue weighted by atomic mass is 9.92. The molecule has 0 saturated carbocycles. The third-order valence-corrected chi connectivity index (χ3v) is 5.47. The van der Waals surface area contributed by atoms with Crippen molar-refractivity contribution in [2.45, 2.75) is 38.5 Å². The van der Waals surface area contributed by atoms with Crippen LogP contribution in [0.3, 0.4) is 0 Å². The van der Waals surface area contributed by atoms with Crippen LogP contribution in [0, 0.1) is 0 Å². The van der Waals surface area contributed by atoms with Crippen molar-refractivity contribution in [3.8, 4) is 16.9 Å². The maximum absolute atomic E-state index is 13.0. The molecule has 1 aliphatic heterocycles. The molecule has 7 heteroatoms. The lowest BCUT2D eigenvalue weighted by Gasteiger charge is -2.33. The number of benzene rings is 2. The first-order valence-corrected chi connectivity index (χ1v) is 9.50. The summed E-state index contributed by atoms with van der Waals surface area (Å²) in [5.41, 5.74) is -0.375. The van der Waals surface area contributed by atoms with E-state index >= 15 is 0 Å². The quantitative estimate of drug-likeness (QED) is 0.404. The second kappa shape index (κ2) is 6.37. The van der Waals surface area contributed by atoms with Crippen LogP contribution in [0.4, 0.5) is 13.2 Å². The number of ether oxygens (including phenoxy) is 1. The molecule has 0 bridgehead atoms. The summed E-state index contributed by atoms with van der Waals surface area (Å²) in [6.45, 7) is 3.97. The first-order valence-electron chi connectivity index (χ1n) is 8.71. The van der Waals surface area contributed by atoms with Crippen molar-refractivity contribution in [2.24, 2.45) is 0 Å². The molecular weight excluding hydrogens is 437 g/mol. The number of rotatable bonds is 1. The molecule has 2 aromatic carbocycles. The second-order valence-corrected chi connectivity index (χ2v) is 8.33. The minimum atomic E-state index is -4.49. The Morgan fingerprint density at radius 3 is 2.61 bits per heavy atom. The van der Waals surface area contributed by atoms with Gasteiger partial charge in [0.15, 0.2) is 0 Å². The lowest BCUT2D eigenvalue weighted by Crippen LogP contribution is -2.32. The highest BCUT2D eigenvalue weighted by Crippen LogP contribution is 2.43. The van der Waals surface area contributed by atoms with E-state index in [2.05, 4.69) is 15.9 Å². The van der Waals surface area contributed by atoms with E-state index in [-0.39, 0.29) is 16.7 Å². The summed E-state index contributed by atoms with van der Waals surface area (Å²) in [5.74, 6) is 0.638. The molecule has 1 aromatic heterocycles. The van der Waals surface area contributed by atoms with Gasteiger partial charge in [-0.2, -0.15) is 13.2 Å². The number of alkyl halides is 3. The van der Waals surface area contributed by atoms with Crippen molar-refractivity contribution in [1.29, 1.82) is 0 Å².